The van der Waals surface area contributed by atoms with Gasteiger partial charge >= 0.3 is 0 Å². The minimum atomic E-state index is 0.159. The van der Waals surface area contributed by atoms with E-state index >= 15 is 0 Å². The zero-order valence-corrected chi connectivity index (χ0v) is 14.0. The predicted molar refractivity (Wildman–Crippen MR) is 90.3 cm³/mol. The van der Waals surface area contributed by atoms with Crippen LogP contribution < -0.4 is 0 Å². The summed E-state index contributed by atoms with van der Waals surface area (Å²) in [5.74, 6) is 0. The van der Waals surface area contributed by atoms with Crippen LogP contribution in [0.1, 0.15) is 24.0 Å². The molecular weight excluding hydrogens is 308 g/mol. The summed E-state index contributed by atoms with van der Waals surface area (Å²) in [5.41, 5.74) is 2.57. The molecule has 4 heterocycles. The van der Waals surface area contributed by atoms with Gasteiger partial charge in [-0.15, -0.1) is 0 Å². The van der Waals surface area contributed by atoms with Gasteiger partial charge < -0.3 is 9.47 Å². The van der Waals surface area contributed by atoms with E-state index in [0.29, 0.717) is 12.6 Å². The first-order valence-electron chi connectivity index (χ1n) is 8.27. The van der Waals surface area contributed by atoms with E-state index < -0.39 is 0 Å². The maximum Gasteiger partial charge on any atom is 0.100 e. The van der Waals surface area contributed by atoms with Crippen LogP contribution in [0.5, 0.6) is 0 Å². The summed E-state index contributed by atoms with van der Waals surface area (Å²) >= 11 is 1.77. The topological polar surface area (TPSA) is 34.6 Å². The Morgan fingerprint density at radius 2 is 2.17 bits per heavy atom. The van der Waals surface area contributed by atoms with Gasteiger partial charge in [-0.3, -0.25) is 9.88 Å². The fourth-order valence-electron chi connectivity index (χ4n) is 3.63. The smallest absolute Gasteiger partial charge is 0.100 e. The zero-order chi connectivity index (χ0) is 15.5. The summed E-state index contributed by atoms with van der Waals surface area (Å²) in [6.07, 6.45) is 6.37. The highest BCUT2D eigenvalue weighted by molar-refractivity contribution is 7.07. The van der Waals surface area contributed by atoms with Gasteiger partial charge in [0, 0.05) is 38.1 Å². The summed E-state index contributed by atoms with van der Waals surface area (Å²) in [6.45, 7) is 3.45. The molecular formula is C18H22N2O2S. The maximum absolute atomic E-state index is 6.22. The molecule has 0 amide bonds. The molecule has 23 heavy (non-hydrogen) atoms. The third-order valence-corrected chi connectivity index (χ3v) is 5.49. The highest BCUT2D eigenvalue weighted by atomic mass is 32.1. The lowest BCUT2D eigenvalue weighted by atomic mass is 10.0. The van der Waals surface area contributed by atoms with E-state index in [0.717, 1.165) is 26.1 Å². The van der Waals surface area contributed by atoms with Crippen molar-refractivity contribution >= 4 is 11.3 Å². The van der Waals surface area contributed by atoms with Crippen LogP contribution in [0.25, 0.3) is 0 Å². The van der Waals surface area contributed by atoms with Crippen LogP contribution in [0.3, 0.4) is 0 Å². The van der Waals surface area contributed by atoms with Gasteiger partial charge in [-0.1, -0.05) is 0 Å². The summed E-state index contributed by atoms with van der Waals surface area (Å²) in [6, 6.07) is 6.73. The first-order valence-corrected chi connectivity index (χ1v) is 9.21. The number of hydrogen-bond donors (Lipinski definition) is 0. The van der Waals surface area contributed by atoms with Gasteiger partial charge in [0.05, 0.1) is 12.7 Å². The van der Waals surface area contributed by atoms with E-state index in [-0.39, 0.29) is 12.2 Å². The molecule has 2 aliphatic rings. The highest BCUT2D eigenvalue weighted by Crippen LogP contribution is 2.32. The standard InChI is InChI=1S/C18H22N2O2S/c1-2-16-18(21-8-1)17(22-12-14-3-6-19-7-4-14)11-20(16)10-15-5-9-23-13-15/h3-7,9,13,16-18H,1-2,8,10-12H2/t16-,17+,18+/m0/s1. The molecule has 0 aliphatic carbocycles. The quantitative estimate of drug-likeness (QED) is 0.844. The summed E-state index contributed by atoms with van der Waals surface area (Å²) < 4.78 is 12.3. The Hall–Kier alpha value is -1.27. The summed E-state index contributed by atoms with van der Waals surface area (Å²) in [5, 5.41) is 4.39. The van der Waals surface area contributed by atoms with Crippen molar-refractivity contribution in [1.82, 2.24) is 9.88 Å². The van der Waals surface area contributed by atoms with Crippen molar-refractivity contribution in [3.05, 3.63) is 52.5 Å². The van der Waals surface area contributed by atoms with E-state index in [1.807, 2.05) is 24.5 Å². The van der Waals surface area contributed by atoms with Crippen LogP contribution >= 0.6 is 11.3 Å². The van der Waals surface area contributed by atoms with Crippen LogP contribution in [-0.4, -0.2) is 41.3 Å². The normalized spacial score (nSPS) is 27.9. The van der Waals surface area contributed by atoms with Gasteiger partial charge in [-0.25, -0.2) is 0 Å². The van der Waals surface area contributed by atoms with Crippen molar-refractivity contribution in [3.63, 3.8) is 0 Å². The van der Waals surface area contributed by atoms with Crippen LogP contribution in [0.15, 0.2) is 41.4 Å². The van der Waals surface area contributed by atoms with Crippen molar-refractivity contribution in [2.45, 2.75) is 44.2 Å². The van der Waals surface area contributed by atoms with Crippen LogP contribution in [0.2, 0.25) is 0 Å². The zero-order valence-electron chi connectivity index (χ0n) is 13.1. The first kappa shape index (κ1) is 15.3. The fraction of sp³-hybridized carbons (Fsp3) is 0.500. The van der Waals surface area contributed by atoms with E-state index in [2.05, 4.69) is 26.7 Å². The van der Waals surface area contributed by atoms with E-state index in [1.165, 1.54) is 17.5 Å². The Labute approximate surface area is 141 Å². The molecule has 4 nitrogen and oxygen atoms in total. The number of hydrogen-bond acceptors (Lipinski definition) is 5. The van der Waals surface area contributed by atoms with Crippen molar-refractivity contribution < 1.29 is 9.47 Å². The van der Waals surface area contributed by atoms with Gasteiger partial charge in [0.15, 0.2) is 0 Å². The molecule has 2 aromatic rings. The number of ether oxygens (including phenoxy) is 2. The van der Waals surface area contributed by atoms with Crippen LogP contribution in [0, 0.1) is 0 Å². The highest BCUT2D eigenvalue weighted by Gasteiger charge is 2.44. The molecule has 122 valence electrons. The number of likely N-dealkylation sites (tertiary alicyclic amines) is 1. The Balaban J connectivity index is 1.42. The average molecular weight is 330 g/mol. The molecule has 0 aromatic carbocycles. The van der Waals surface area contributed by atoms with Crippen LogP contribution in [0.4, 0.5) is 0 Å². The molecule has 5 heteroatoms. The Bertz CT molecular complexity index is 605. The summed E-state index contributed by atoms with van der Waals surface area (Å²) in [4.78, 5) is 6.60. The number of rotatable bonds is 5. The Kier molecular flexibility index (Phi) is 4.71. The van der Waals surface area contributed by atoms with Gasteiger partial charge in [0.1, 0.15) is 6.10 Å². The Morgan fingerprint density at radius 1 is 1.26 bits per heavy atom. The molecule has 2 aliphatic heterocycles. The lowest BCUT2D eigenvalue weighted by Gasteiger charge is -2.32. The molecule has 0 spiro atoms. The molecule has 2 saturated heterocycles. The number of fused-ring (bicyclic) bond motifs is 1. The lowest BCUT2D eigenvalue weighted by molar-refractivity contribution is -0.0819. The first-order chi connectivity index (χ1) is 11.4. The van der Waals surface area contributed by atoms with Gasteiger partial charge in [-0.2, -0.15) is 11.3 Å². The van der Waals surface area contributed by atoms with Gasteiger partial charge in [0.25, 0.3) is 0 Å². The number of nitrogens with zero attached hydrogens (tertiary/aromatic N) is 2. The third kappa shape index (κ3) is 3.48. The third-order valence-electron chi connectivity index (χ3n) is 4.76. The fourth-order valence-corrected chi connectivity index (χ4v) is 4.29. The van der Waals surface area contributed by atoms with Crippen molar-refractivity contribution in [2.75, 3.05) is 13.2 Å². The van der Waals surface area contributed by atoms with Gasteiger partial charge in [-0.05, 0) is 52.9 Å². The van der Waals surface area contributed by atoms with Crippen molar-refractivity contribution in [2.24, 2.45) is 0 Å². The molecule has 0 unspecified atom stereocenters. The van der Waals surface area contributed by atoms with E-state index in [9.17, 15) is 0 Å². The monoisotopic (exact) mass is 330 g/mol. The largest absolute Gasteiger partial charge is 0.374 e. The van der Waals surface area contributed by atoms with E-state index in [1.54, 1.807) is 11.3 Å². The molecule has 0 N–H and O–H groups in total. The lowest BCUT2D eigenvalue weighted by Crippen LogP contribution is -2.41. The van der Waals surface area contributed by atoms with Crippen LogP contribution in [-0.2, 0) is 22.6 Å². The molecule has 4 rings (SSSR count). The second-order valence-corrected chi connectivity index (χ2v) is 7.09. The predicted octanol–water partition coefficient (Wildman–Crippen LogP) is 3.09. The molecule has 2 fully saturated rings. The second kappa shape index (κ2) is 7.09. The second-order valence-electron chi connectivity index (χ2n) is 6.31. The average Bonchev–Trinajstić information content (AvgIpc) is 3.23. The molecule has 0 bridgehead atoms. The molecule has 2 aromatic heterocycles. The minimum absolute atomic E-state index is 0.159. The summed E-state index contributed by atoms with van der Waals surface area (Å²) in [7, 11) is 0. The minimum Gasteiger partial charge on any atom is -0.374 e. The van der Waals surface area contributed by atoms with Crippen molar-refractivity contribution in [1.29, 1.82) is 0 Å². The molecule has 0 saturated carbocycles. The molecule has 0 radical (unpaired) electrons. The van der Waals surface area contributed by atoms with Crippen molar-refractivity contribution in [3.8, 4) is 0 Å². The Morgan fingerprint density at radius 3 is 3.00 bits per heavy atom. The SMILES string of the molecule is c1cc(CO[C@@H]2CN(Cc3ccsc3)[C@H]3CCCO[C@@H]23)ccn1. The number of thiophene rings is 1. The maximum atomic E-state index is 6.22. The van der Waals surface area contributed by atoms with Gasteiger partial charge in [0.2, 0.25) is 0 Å². The molecule has 3 atom stereocenters. The number of pyridine rings is 1. The van der Waals surface area contributed by atoms with E-state index in [4.69, 9.17) is 9.47 Å². The number of aromatic nitrogens is 1.